The quantitative estimate of drug-likeness (QED) is 0.655. The number of benzene rings is 2. The van der Waals surface area contributed by atoms with Crippen LogP contribution in [0.25, 0.3) is 0 Å². The van der Waals surface area contributed by atoms with E-state index in [1.165, 1.54) is 37.7 Å². The second-order valence-corrected chi connectivity index (χ2v) is 9.91. The van der Waals surface area contributed by atoms with E-state index in [4.69, 9.17) is 0 Å². The number of amides is 1. The topological polar surface area (TPSA) is 83.6 Å². The molecule has 2 aromatic rings. The Morgan fingerprint density at radius 2 is 1.67 bits per heavy atom. The van der Waals surface area contributed by atoms with Crippen molar-refractivity contribution < 1.29 is 18.0 Å². The van der Waals surface area contributed by atoms with Gasteiger partial charge in [-0.05, 0) is 54.5 Å². The van der Waals surface area contributed by atoms with Gasteiger partial charge in [0.25, 0.3) is 0 Å². The first-order chi connectivity index (χ1) is 14.3. The number of nitrogens with zero attached hydrogens (tertiary/aromatic N) is 1. The van der Waals surface area contributed by atoms with Crippen LogP contribution in [0.5, 0.6) is 0 Å². The Balaban J connectivity index is 1.57. The van der Waals surface area contributed by atoms with Crippen LogP contribution < -0.4 is 5.32 Å². The van der Waals surface area contributed by atoms with Gasteiger partial charge in [-0.2, -0.15) is 0 Å². The molecule has 0 heterocycles. The minimum absolute atomic E-state index is 0.0471. The zero-order valence-corrected chi connectivity index (χ0v) is 18.3. The first kappa shape index (κ1) is 22.2. The van der Waals surface area contributed by atoms with E-state index in [1.807, 2.05) is 18.2 Å². The molecule has 160 valence electrons. The number of rotatable bonds is 8. The van der Waals surface area contributed by atoms with Crippen molar-refractivity contribution in [2.45, 2.75) is 50.0 Å². The number of ketones is 1. The average molecular weight is 429 g/mol. The first-order valence-corrected chi connectivity index (χ1v) is 11.6. The molecule has 0 atom stereocenters. The van der Waals surface area contributed by atoms with Gasteiger partial charge in [0.05, 0.1) is 4.90 Å². The van der Waals surface area contributed by atoms with E-state index in [-0.39, 0.29) is 36.0 Å². The fraction of sp³-hybridized carbons (Fsp3) is 0.391. The molecule has 0 saturated heterocycles. The molecule has 1 amide bonds. The van der Waals surface area contributed by atoms with Crippen LogP contribution in [0, 0.1) is 0 Å². The SMILES string of the molecule is CN(C)S(=O)(=O)c1ccccc1CNC(=O)CCC(=O)c1ccc2c(c1)CCCC2. The van der Waals surface area contributed by atoms with Gasteiger partial charge in [0.1, 0.15) is 0 Å². The van der Waals surface area contributed by atoms with Crippen LogP contribution in [0.3, 0.4) is 0 Å². The predicted molar refractivity (Wildman–Crippen MR) is 116 cm³/mol. The number of Topliss-reactive ketones (excluding diaryl/α,β-unsaturated/α-hetero) is 1. The highest BCUT2D eigenvalue weighted by atomic mass is 32.2. The lowest BCUT2D eigenvalue weighted by Crippen LogP contribution is -2.27. The molecule has 6 nitrogen and oxygen atoms in total. The van der Waals surface area contributed by atoms with Gasteiger partial charge in [0, 0.05) is 39.0 Å². The van der Waals surface area contributed by atoms with Crippen molar-refractivity contribution in [3.63, 3.8) is 0 Å². The third-order valence-corrected chi connectivity index (χ3v) is 7.37. The number of fused-ring (bicyclic) bond motifs is 1. The standard InChI is InChI=1S/C23H28N2O4S/c1-25(2)30(28,29)22-10-6-5-9-20(22)16-24-23(27)14-13-21(26)19-12-11-17-7-3-4-8-18(17)15-19/h5-6,9-12,15H,3-4,7-8,13-14,16H2,1-2H3,(H,24,27). The van der Waals surface area contributed by atoms with Crippen LogP contribution >= 0.6 is 0 Å². The molecule has 2 aromatic carbocycles. The summed E-state index contributed by atoms with van der Waals surface area (Å²) in [5.74, 6) is -0.326. The van der Waals surface area contributed by atoms with E-state index < -0.39 is 10.0 Å². The first-order valence-electron chi connectivity index (χ1n) is 10.2. The Morgan fingerprint density at radius 3 is 2.40 bits per heavy atom. The van der Waals surface area contributed by atoms with E-state index in [2.05, 4.69) is 5.32 Å². The maximum Gasteiger partial charge on any atom is 0.242 e. The summed E-state index contributed by atoms with van der Waals surface area (Å²) < 4.78 is 26.0. The maximum atomic E-state index is 12.5. The molecule has 0 fully saturated rings. The fourth-order valence-corrected chi connectivity index (χ4v) is 4.77. The van der Waals surface area contributed by atoms with Gasteiger partial charge >= 0.3 is 0 Å². The zero-order valence-electron chi connectivity index (χ0n) is 17.5. The van der Waals surface area contributed by atoms with E-state index in [9.17, 15) is 18.0 Å². The largest absolute Gasteiger partial charge is 0.352 e. The Kier molecular flexibility index (Phi) is 7.05. The van der Waals surface area contributed by atoms with Crippen LogP contribution in [-0.2, 0) is 34.2 Å². The lowest BCUT2D eigenvalue weighted by Gasteiger charge is -2.16. The van der Waals surface area contributed by atoms with Gasteiger partial charge in [0.2, 0.25) is 15.9 Å². The molecule has 0 spiro atoms. The Hall–Kier alpha value is -2.51. The van der Waals surface area contributed by atoms with Gasteiger partial charge < -0.3 is 5.32 Å². The molecule has 0 aliphatic heterocycles. The van der Waals surface area contributed by atoms with Crippen LogP contribution in [0.4, 0.5) is 0 Å². The molecule has 7 heteroatoms. The summed E-state index contributed by atoms with van der Waals surface area (Å²) in [6, 6.07) is 12.4. The minimum Gasteiger partial charge on any atom is -0.352 e. The normalized spacial score (nSPS) is 13.7. The summed E-state index contributed by atoms with van der Waals surface area (Å²) in [6.07, 6.45) is 4.61. The van der Waals surface area contributed by atoms with Crippen LogP contribution in [0.2, 0.25) is 0 Å². The number of carbonyl (C=O) groups is 2. The number of hydrogen-bond donors (Lipinski definition) is 1. The van der Waals surface area contributed by atoms with Crippen molar-refractivity contribution in [3.05, 3.63) is 64.7 Å². The summed E-state index contributed by atoms with van der Waals surface area (Å²) in [4.78, 5) is 24.9. The lowest BCUT2D eigenvalue weighted by atomic mass is 9.89. The van der Waals surface area contributed by atoms with Crippen molar-refractivity contribution in [1.82, 2.24) is 9.62 Å². The molecule has 0 aromatic heterocycles. The zero-order chi connectivity index (χ0) is 21.7. The Labute approximate surface area is 178 Å². The van der Waals surface area contributed by atoms with Crippen molar-refractivity contribution in [3.8, 4) is 0 Å². The summed E-state index contributed by atoms with van der Waals surface area (Å²) in [5.41, 5.74) is 3.74. The Bertz CT molecular complexity index is 1040. The molecule has 3 rings (SSSR count). The summed E-state index contributed by atoms with van der Waals surface area (Å²) in [7, 11) is -0.658. The van der Waals surface area contributed by atoms with Gasteiger partial charge in [-0.3, -0.25) is 9.59 Å². The molecule has 1 aliphatic carbocycles. The second kappa shape index (κ2) is 9.53. The molecule has 0 radical (unpaired) electrons. The summed E-state index contributed by atoms with van der Waals surface area (Å²) >= 11 is 0. The van der Waals surface area contributed by atoms with Gasteiger partial charge in [-0.15, -0.1) is 0 Å². The van der Waals surface area contributed by atoms with Crippen molar-refractivity contribution in [1.29, 1.82) is 0 Å². The number of hydrogen-bond acceptors (Lipinski definition) is 4. The molecule has 0 saturated carbocycles. The summed E-state index contributed by atoms with van der Waals surface area (Å²) in [6.45, 7) is 0.0924. The second-order valence-electron chi connectivity index (χ2n) is 7.79. The van der Waals surface area contributed by atoms with Crippen molar-refractivity contribution in [2.24, 2.45) is 0 Å². The predicted octanol–water partition coefficient (Wildman–Crippen LogP) is 3.10. The molecular weight excluding hydrogens is 400 g/mol. The van der Waals surface area contributed by atoms with Crippen LogP contribution in [-0.4, -0.2) is 38.5 Å². The smallest absolute Gasteiger partial charge is 0.242 e. The number of aryl methyl sites for hydroxylation is 2. The number of nitrogens with one attached hydrogen (secondary N) is 1. The maximum absolute atomic E-state index is 12.5. The van der Waals surface area contributed by atoms with E-state index >= 15 is 0 Å². The highest BCUT2D eigenvalue weighted by Crippen LogP contribution is 2.23. The van der Waals surface area contributed by atoms with Gasteiger partial charge in [0.15, 0.2) is 5.78 Å². The third-order valence-electron chi connectivity index (χ3n) is 5.46. The minimum atomic E-state index is -3.60. The molecule has 30 heavy (non-hydrogen) atoms. The molecule has 0 bridgehead atoms. The highest BCUT2D eigenvalue weighted by molar-refractivity contribution is 7.89. The average Bonchev–Trinajstić information content (AvgIpc) is 2.75. The molecular formula is C23H28N2O4S. The van der Waals surface area contributed by atoms with Gasteiger partial charge in [-0.1, -0.05) is 30.3 Å². The van der Waals surface area contributed by atoms with Crippen LogP contribution in [0.1, 0.15) is 52.7 Å². The molecule has 1 N–H and O–H groups in total. The lowest BCUT2D eigenvalue weighted by molar-refractivity contribution is -0.121. The fourth-order valence-electron chi connectivity index (χ4n) is 3.66. The van der Waals surface area contributed by atoms with Crippen molar-refractivity contribution >= 4 is 21.7 Å². The van der Waals surface area contributed by atoms with E-state index in [0.29, 0.717) is 11.1 Å². The number of sulfonamides is 1. The molecule has 1 aliphatic rings. The Morgan fingerprint density at radius 1 is 0.967 bits per heavy atom. The molecule has 0 unspecified atom stereocenters. The monoisotopic (exact) mass is 428 g/mol. The van der Waals surface area contributed by atoms with E-state index in [1.54, 1.807) is 18.2 Å². The number of carbonyl (C=O) groups excluding carboxylic acids is 2. The van der Waals surface area contributed by atoms with Crippen molar-refractivity contribution in [2.75, 3.05) is 14.1 Å². The van der Waals surface area contributed by atoms with E-state index in [0.717, 1.165) is 23.6 Å². The van der Waals surface area contributed by atoms with Gasteiger partial charge in [-0.25, -0.2) is 12.7 Å². The summed E-state index contributed by atoms with van der Waals surface area (Å²) in [5, 5.41) is 2.73. The third kappa shape index (κ3) is 5.15. The van der Waals surface area contributed by atoms with Crippen LogP contribution in [0.15, 0.2) is 47.4 Å². The highest BCUT2D eigenvalue weighted by Gasteiger charge is 2.21.